The zero-order valence-electron chi connectivity index (χ0n) is 9.31. The van der Waals surface area contributed by atoms with E-state index in [1.165, 1.54) is 0 Å². The fraction of sp³-hybridized carbons (Fsp3) is 0.500. The highest BCUT2D eigenvalue weighted by molar-refractivity contribution is 5.79. The smallest absolute Gasteiger partial charge is 0.225 e. The molecule has 1 aromatic heterocycles. The van der Waals surface area contributed by atoms with Gasteiger partial charge in [-0.25, -0.2) is 0 Å². The quantitative estimate of drug-likeness (QED) is 0.732. The van der Waals surface area contributed by atoms with E-state index in [1.54, 1.807) is 17.0 Å². The molecule has 1 aromatic rings. The van der Waals surface area contributed by atoms with Crippen LogP contribution in [0, 0.1) is 5.92 Å². The number of carbonyl (C=O) groups excluding carboxylic acids is 2. The molecule has 1 fully saturated rings. The molecule has 1 amide bonds. The van der Waals surface area contributed by atoms with Crippen molar-refractivity contribution in [2.45, 2.75) is 26.3 Å². The normalized spacial score (nSPS) is 21.2. The molecule has 1 aliphatic rings. The highest BCUT2D eigenvalue weighted by Gasteiger charge is 2.25. The maximum absolute atomic E-state index is 11.8. The minimum absolute atomic E-state index is 0.106. The Morgan fingerprint density at radius 3 is 3.06 bits per heavy atom. The van der Waals surface area contributed by atoms with Crippen LogP contribution in [0.4, 0.5) is 0 Å². The number of furan rings is 1. The molecule has 2 rings (SSSR count). The van der Waals surface area contributed by atoms with Gasteiger partial charge in [0.2, 0.25) is 5.91 Å². The predicted octanol–water partition coefficient (Wildman–Crippen LogP) is 1.85. The van der Waals surface area contributed by atoms with E-state index in [2.05, 4.69) is 0 Å². The van der Waals surface area contributed by atoms with Gasteiger partial charge in [-0.2, -0.15) is 0 Å². The Morgan fingerprint density at radius 1 is 1.56 bits per heavy atom. The summed E-state index contributed by atoms with van der Waals surface area (Å²) in [4.78, 5) is 24.1. The van der Waals surface area contributed by atoms with Gasteiger partial charge in [0.05, 0.1) is 6.54 Å². The molecule has 1 saturated heterocycles. The number of piperidine rings is 1. The van der Waals surface area contributed by atoms with Crippen molar-refractivity contribution in [1.82, 2.24) is 4.90 Å². The average Bonchev–Trinajstić information content (AvgIpc) is 2.73. The first-order valence-electron chi connectivity index (χ1n) is 5.53. The molecule has 4 heteroatoms. The molecule has 86 valence electrons. The van der Waals surface area contributed by atoms with E-state index in [4.69, 9.17) is 4.42 Å². The Balaban J connectivity index is 2.03. The molecule has 1 aliphatic heterocycles. The molecule has 1 unspecified atom stereocenters. The van der Waals surface area contributed by atoms with Gasteiger partial charge in [-0.1, -0.05) is 6.92 Å². The SMILES string of the molecule is CC1CCCN(Cc2ccc(C=O)o2)C1=O. The van der Waals surface area contributed by atoms with Crippen LogP contribution < -0.4 is 0 Å². The molecule has 0 aromatic carbocycles. The Kier molecular flexibility index (Phi) is 3.08. The summed E-state index contributed by atoms with van der Waals surface area (Å²) in [6.07, 6.45) is 2.67. The first kappa shape index (κ1) is 10.9. The summed E-state index contributed by atoms with van der Waals surface area (Å²) in [6, 6.07) is 3.37. The van der Waals surface area contributed by atoms with Crippen LogP contribution in [0.5, 0.6) is 0 Å². The number of likely N-dealkylation sites (tertiary alicyclic amines) is 1. The molecule has 0 N–H and O–H groups in total. The molecule has 0 aliphatic carbocycles. The summed E-state index contributed by atoms with van der Waals surface area (Å²) < 4.78 is 5.26. The van der Waals surface area contributed by atoms with Gasteiger partial charge < -0.3 is 9.32 Å². The number of hydrogen-bond donors (Lipinski definition) is 0. The third-order valence-electron chi connectivity index (χ3n) is 2.94. The summed E-state index contributed by atoms with van der Waals surface area (Å²) in [5.41, 5.74) is 0. The zero-order valence-corrected chi connectivity index (χ0v) is 9.31. The maximum Gasteiger partial charge on any atom is 0.225 e. The molecule has 2 heterocycles. The summed E-state index contributed by atoms with van der Waals surface area (Å²) in [6.45, 7) is 3.20. The first-order chi connectivity index (χ1) is 7.70. The minimum atomic E-state index is 0.106. The lowest BCUT2D eigenvalue weighted by Gasteiger charge is -2.29. The van der Waals surface area contributed by atoms with E-state index in [1.807, 2.05) is 6.92 Å². The second kappa shape index (κ2) is 4.51. The van der Waals surface area contributed by atoms with Crippen LogP contribution in [0.2, 0.25) is 0 Å². The third-order valence-corrected chi connectivity index (χ3v) is 2.94. The lowest BCUT2D eigenvalue weighted by Crippen LogP contribution is -2.39. The molecule has 16 heavy (non-hydrogen) atoms. The number of aldehydes is 1. The van der Waals surface area contributed by atoms with Gasteiger partial charge in [0.25, 0.3) is 0 Å². The highest BCUT2D eigenvalue weighted by Crippen LogP contribution is 2.19. The molecule has 0 bridgehead atoms. The lowest BCUT2D eigenvalue weighted by molar-refractivity contribution is -0.138. The lowest BCUT2D eigenvalue weighted by atomic mass is 9.99. The van der Waals surface area contributed by atoms with Crippen LogP contribution in [0.25, 0.3) is 0 Å². The molecule has 0 saturated carbocycles. The van der Waals surface area contributed by atoms with Crippen LogP contribution in [0.3, 0.4) is 0 Å². The van der Waals surface area contributed by atoms with Crippen LogP contribution in [0.15, 0.2) is 16.5 Å². The zero-order chi connectivity index (χ0) is 11.5. The van der Waals surface area contributed by atoms with E-state index in [-0.39, 0.29) is 11.8 Å². The average molecular weight is 221 g/mol. The monoisotopic (exact) mass is 221 g/mol. The largest absolute Gasteiger partial charge is 0.456 e. The number of amides is 1. The van der Waals surface area contributed by atoms with E-state index < -0.39 is 0 Å². The second-order valence-electron chi connectivity index (χ2n) is 4.22. The van der Waals surface area contributed by atoms with Crippen molar-refractivity contribution in [2.75, 3.05) is 6.54 Å². The highest BCUT2D eigenvalue weighted by atomic mass is 16.3. The topological polar surface area (TPSA) is 50.5 Å². The predicted molar refractivity (Wildman–Crippen MR) is 57.9 cm³/mol. The summed E-state index contributed by atoms with van der Waals surface area (Å²) >= 11 is 0. The van der Waals surface area contributed by atoms with Crippen LogP contribution in [-0.2, 0) is 11.3 Å². The number of nitrogens with zero attached hydrogens (tertiary/aromatic N) is 1. The molecular weight excluding hydrogens is 206 g/mol. The van der Waals surface area contributed by atoms with Crippen LogP contribution in [-0.4, -0.2) is 23.6 Å². The van der Waals surface area contributed by atoms with Gasteiger partial charge in [-0.3, -0.25) is 9.59 Å². The van der Waals surface area contributed by atoms with Crippen molar-refractivity contribution in [3.8, 4) is 0 Å². The van der Waals surface area contributed by atoms with Crippen molar-refractivity contribution in [2.24, 2.45) is 5.92 Å². The minimum Gasteiger partial charge on any atom is -0.456 e. The fourth-order valence-electron chi connectivity index (χ4n) is 2.02. The summed E-state index contributed by atoms with van der Waals surface area (Å²) in [5, 5.41) is 0. The Morgan fingerprint density at radius 2 is 2.38 bits per heavy atom. The molecule has 0 radical (unpaired) electrons. The summed E-state index contributed by atoms with van der Waals surface area (Å²) in [5.74, 6) is 1.27. The third kappa shape index (κ3) is 2.15. The molecular formula is C12H15NO3. The van der Waals surface area contributed by atoms with Crippen LogP contribution in [0.1, 0.15) is 36.1 Å². The number of rotatable bonds is 3. The van der Waals surface area contributed by atoms with Crippen molar-refractivity contribution >= 4 is 12.2 Å². The van der Waals surface area contributed by atoms with Crippen molar-refractivity contribution in [3.05, 3.63) is 23.7 Å². The fourth-order valence-corrected chi connectivity index (χ4v) is 2.02. The summed E-state index contributed by atoms with van der Waals surface area (Å²) in [7, 11) is 0. The number of hydrogen-bond acceptors (Lipinski definition) is 3. The standard InChI is InChI=1S/C12H15NO3/c1-9-3-2-6-13(12(9)15)7-10-4-5-11(8-14)16-10/h4-5,8-9H,2-3,6-7H2,1H3. The van der Waals surface area contributed by atoms with Gasteiger partial charge in [-0.05, 0) is 25.0 Å². The van der Waals surface area contributed by atoms with Gasteiger partial charge >= 0.3 is 0 Å². The molecule has 0 spiro atoms. The van der Waals surface area contributed by atoms with Gasteiger partial charge in [0.15, 0.2) is 12.0 Å². The van der Waals surface area contributed by atoms with E-state index in [9.17, 15) is 9.59 Å². The Bertz CT molecular complexity index is 397. The molecule has 4 nitrogen and oxygen atoms in total. The van der Waals surface area contributed by atoms with Crippen LogP contribution >= 0.6 is 0 Å². The van der Waals surface area contributed by atoms with Gasteiger partial charge in [0.1, 0.15) is 5.76 Å². The Hall–Kier alpha value is -1.58. The van der Waals surface area contributed by atoms with E-state index in [0.29, 0.717) is 24.4 Å². The van der Waals surface area contributed by atoms with Gasteiger partial charge in [0, 0.05) is 12.5 Å². The number of carbonyl (C=O) groups is 2. The van der Waals surface area contributed by atoms with Gasteiger partial charge in [-0.15, -0.1) is 0 Å². The Labute approximate surface area is 94.2 Å². The second-order valence-corrected chi connectivity index (χ2v) is 4.22. The molecule has 1 atom stereocenters. The van der Waals surface area contributed by atoms with Crippen molar-refractivity contribution in [1.29, 1.82) is 0 Å². The first-order valence-corrected chi connectivity index (χ1v) is 5.53. The van der Waals surface area contributed by atoms with E-state index >= 15 is 0 Å². The van der Waals surface area contributed by atoms with Crippen molar-refractivity contribution in [3.63, 3.8) is 0 Å². The van der Waals surface area contributed by atoms with E-state index in [0.717, 1.165) is 19.4 Å². The maximum atomic E-state index is 11.8. The van der Waals surface area contributed by atoms with Crippen molar-refractivity contribution < 1.29 is 14.0 Å².